The quantitative estimate of drug-likeness (QED) is 0.792. The van der Waals surface area contributed by atoms with Crippen molar-refractivity contribution in [3.05, 3.63) is 57.8 Å². The van der Waals surface area contributed by atoms with Crippen LogP contribution >= 0.6 is 23.2 Å². The van der Waals surface area contributed by atoms with Gasteiger partial charge in [-0.15, -0.1) is 0 Å². The highest BCUT2D eigenvalue weighted by molar-refractivity contribution is 6.32. The highest BCUT2D eigenvalue weighted by atomic mass is 35.5. The Morgan fingerprint density at radius 3 is 2.44 bits per heavy atom. The summed E-state index contributed by atoms with van der Waals surface area (Å²) in [4.78, 5) is 0. The zero-order valence-electron chi connectivity index (χ0n) is 8.95. The molecule has 90 valence electrons. The van der Waals surface area contributed by atoms with Gasteiger partial charge < -0.3 is 4.74 Å². The topological polar surface area (TPSA) is 33.0 Å². The molecular formula is C13H6Cl2FNO. The molecule has 0 aromatic heterocycles. The van der Waals surface area contributed by atoms with Crippen LogP contribution in [-0.2, 0) is 0 Å². The molecule has 0 radical (unpaired) electrons. The van der Waals surface area contributed by atoms with Gasteiger partial charge in [0, 0.05) is 6.07 Å². The van der Waals surface area contributed by atoms with Crippen molar-refractivity contribution in [3.8, 4) is 17.6 Å². The Hall–Kier alpha value is -1.76. The van der Waals surface area contributed by atoms with Gasteiger partial charge in [-0.3, -0.25) is 0 Å². The smallest absolute Gasteiger partial charge is 0.146 e. The van der Waals surface area contributed by atoms with Crippen LogP contribution in [0.1, 0.15) is 5.56 Å². The van der Waals surface area contributed by atoms with E-state index in [4.69, 9.17) is 33.2 Å². The van der Waals surface area contributed by atoms with E-state index in [1.165, 1.54) is 18.2 Å². The maximum absolute atomic E-state index is 13.2. The van der Waals surface area contributed by atoms with Crippen LogP contribution in [0.2, 0.25) is 10.0 Å². The van der Waals surface area contributed by atoms with Crippen LogP contribution in [-0.4, -0.2) is 0 Å². The lowest BCUT2D eigenvalue weighted by Crippen LogP contribution is -1.87. The fourth-order valence-electron chi connectivity index (χ4n) is 1.32. The molecule has 2 rings (SSSR count). The molecule has 0 aliphatic heterocycles. The third kappa shape index (κ3) is 2.73. The Morgan fingerprint density at radius 1 is 1.06 bits per heavy atom. The molecule has 5 heteroatoms. The summed E-state index contributed by atoms with van der Waals surface area (Å²) in [7, 11) is 0. The molecule has 0 unspecified atom stereocenters. The lowest BCUT2D eigenvalue weighted by Gasteiger charge is -2.08. The SMILES string of the molecule is N#Cc1ccc(Oc2ccc(Cl)c(F)c2)c(Cl)c1. The van der Waals surface area contributed by atoms with Crippen molar-refractivity contribution in [2.45, 2.75) is 0 Å². The number of hydrogen-bond acceptors (Lipinski definition) is 2. The van der Waals surface area contributed by atoms with E-state index in [1.807, 2.05) is 6.07 Å². The summed E-state index contributed by atoms with van der Waals surface area (Å²) in [5, 5.41) is 9.00. The predicted molar refractivity (Wildman–Crippen MR) is 67.7 cm³/mol. The van der Waals surface area contributed by atoms with Gasteiger partial charge in [0.2, 0.25) is 0 Å². The minimum absolute atomic E-state index is 0.0216. The molecule has 2 aromatic carbocycles. The van der Waals surface area contributed by atoms with E-state index in [0.29, 0.717) is 11.3 Å². The largest absolute Gasteiger partial charge is 0.456 e. The molecule has 0 amide bonds. The highest BCUT2D eigenvalue weighted by Gasteiger charge is 2.06. The molecule has 0 saturated heterocycles. The third-order valence-corrected chi connectivity index (χ3v) is 2.78. The molecule has 0 spiro atoms. The second-order valence-corrected chi connectivity index (χ2v) is 4.25. The Labute approximate surface area is 113 Å². The Kier molecular flexibility index (Phi) is 3.71. The molecule has 0 heterocycles. The summed E-state index contributed by atoms with van der Waals surface area (Å²) >= 11 is 11.5. The number of hydrogen-bond donors (Lipinski definition) is 0. The predicted octanol–water partition coefficient (Wildman–Crippen LogP) is 4.80. The fraction of sp³-hybridized carbons (Fsp3) is 0. The summed E-state index contributed by atoms with van der Waals surface area (Å²) in [5.41, 5.74) is 0.426. The number of nitriles is 1. The molecule has 18 heavy (non-hydrogen) atoms. The molecular weight excluding hydrogens is 276 g/mol. The zero-order valence-corrected chi connectivity index (χ0v) is 10.5. The number of rotatable bonds is 2. The number of benzene rings is 2. The third-order valence-electron chi connectivity index (χ3n) is 2.18. The first-order valence-electron chi connectivity index (χ1n) is 4.92. The minimum Gasteiger partial charge on any atom is -0.456 e. The number of ether oxygens (including phenoxy) is 1. The Bertz CT molecular complexity index is 637. The van der Waals surface area contributed by atoms with E-state index in [9.17, 15) is 4.39 Å². The van der Waals surface area contributed by atoms with E-state index in [1.54, 1.807) is 12.1 Å². The summed E-state index contributed by atoms with van der Waals surface area (Å²) in [5.74, 6) is 0.0554. The van der Waals surface area contributed by atoms with Crippen LogP contribution in [0.4, 0.5) is 4.39 Å². The molecule has 2 nitrogen and oxygen atoms in total. The second-order valence-electron chi connectivity index (χ2n) is 3.43. The molecule has 0 N–H and O–H groups in total. The molecule has 0 aliphatic carbocycles. The van der Waals surface area contributed by atoms with Crippen molar-refractivity contribution in [3.63, 3.8) is 0 Å². The molecule has 0 aliphatic rings. The lowest BCUT2D eigenvalue weighted by molar-refractivity contribution is 0.477. The van der Waals surface area contributed by atoms with Crippen molar-refractivity contribution in [1.29, 1.82) is 5.26 Å². The summed E-state index contributed by atoms with van der Waals surface area (Å²) in [6.07, 6.45) is 0. The van der Waals surface area contributed by atoms with Gasteiger partial charge in [-0.25, -0.2) is 4.39 Å². The molecule has 0 fully saturated rings. The van der Waals surface area contributed by atoms with Gasteiger partial charge in [0.05, 0.1) is 21.7 Å². The standard InChI is InChI=1S/C13H6Cl2FNO/c14-10-3-2-9(6-12(10)16)18-13-4-1-8(7-17)5-11(13)15/h1-6H. The maximum Gasteiger partial charge on any atom is 0.146 e. The van der Waals surface area contributed by atoms with E-state index >= 15 is 0 Å². The van der Waals surface area contributed by atoms with Crippen molar-refractivity contribution < 1.29 is 9.13 Å². The summed E-state index contributed by atoms with van der Waals surface area (Å²) in [6.45, 7) is 0. The Balaban J connectivity index is 2.29. The van der Waals surface area contributed by atoms with E-state index in [2.05, 4.69) is 0 Å². The average molecular weight is 282 g/mol. The van der Waals surface area contributed by atoms with Crippen LogP contribution in [0.15, 0.2) is 36.4 Å². The monoisotopic (exact) mass is 281 g/mol. The highest BCUT2D eigenvalue weighted by Crippen LogP contribution is 2.31. The van der Waals surface area contributed by atoms with Crippen LogP contribution in [0.3, 0.4) is 0 Å². The van der Waals surface area contributed by atoms with Gasteiger partial charge in [0.1, 0.15) is 17.3 Å². The molecule has 0 atom stereocenters. The first-order valence-corrected chi connectivity index (χ1v) is 5.68. The molecule has 0 bridgehead atoms. The number of halogens is 3. The molecule has 2 aromatic rings. The first-order chi connectivity index (χ1) is 8.60. The van der Waals surface area contributed by atoms with E-state index in [-0.39, 0.29) is 15.8 Å². The van der Waals surface area contributed by atoms with Crippen LogP contribution in [0.5, 0.6) is 11.5 Å². The van der Waals surface area contributed by atoms with Gasteiger partial charge in [0.15, 0.2) is 0 Å². The average Bonchev–Trinajstić information content (AvgIpc) is 2.36. The van der Waals surface area contributed by atoms with Crippen molar-refractivity contribution in [2.24, 2.45) is 0 Å². The first kappa shape index (κ1) is 12.7. The van der Waals surface area contributed by atoms with Crippen LogP contribution < -0.4 is 4.74 Å². The van der Waals surface area contributed by atoms with Gasteiger partial charge in [-0.1, -0.05) is 23.2 Å². The normalized spacial score (nSPS) is 9.89. The van der Waals surface area contributed by atoms with Crippen LogP contribution in [0, 0.1) is 17.1 Å². The summed E-state index contributed by atoms with van der Waals surface area (Å²) in [6, 6.07) is 10.6. The van der Waals surface area contributed by atoms with Gasteiger partial charge >= 0.3 is 0 Å². The van der Waals surface area contributed by atoms with E-state index in [0.717, 1.165) is 6.07 Å². The number of nitrogens with zero attached hydrogens (tertiary/aromatic N) is 1. The van der Waals surface area contributed by atoms with Crippen molar-refractivity contribution in [2.75, 3.05) is 0 Å². The Morgan fingerprint density at radius 2 is 1.83 bits per heavy atom. The minimum atomic E-state index is -0.570. The van der Waals surface area contributed by atoms with Gasteiger partial charge in [0.25, 0.3) is 0 Å². The maximum atomic E-state index is 13.2. The fourth-order valence-corrected chi connectivity index (χ4v) is 1.66. The van der Waals surface area contributed by atoms with Crippen molar-refractivity contribution in [1.82, 2.24) is 0 Å². The zero-order chi connectivity index (χ0) is 13.1. The second kappa shape index (κ2) is 5.26. The lowest BCUT2D eigenvalue weighted by atomic mass is 10.2. The van der Waals surface area contributed by atoms with Gasteiger partial charge in [-0.05, 0) is 30.3 Å². The molecule has 0 saturated carbocycles. The van der Waals surface area contributed by atoms with Gasteiger partial charge in [-0.2, -0.15) is 5.26 Å². The van der Waals surface area contributed by atoms with Crippen molar-refractivity contribution >= 4 is 23.2 Å². The van der Waals surface area contributed by atoms with E-state index < -0.39 is 5.82 Å². The summed E-state index contributed by atoms with van der Waals surface area (Å²) < 4.78 is 18.6. The van der Waals surface area contributed by atoms with Crippen LogP contribution in [0.25, 0.3) is 0 Å².